The fraction of sp³-hybridized carbons (Fsp3) is 0.0909. The standard InChI is InChI=1S/C11H10N6/c12-10(11-14-16-17-15-11)8-3-4-9-7(6-8)2-1-5-13-9/h1-6,10H,12H2,(H,14,15,16,17). The number of nitrogens with two attached hydrogens (primary N) is 1. The predicted octanol–water partition coefficient (Wildman–Crippen LogP) is 0.796. The molecule has 0 saturated heterocycles. The Balaban J connectivity index is 2.06. The number of pyridine rings is 1. The number of fused-ring (bicyclic) bond motifs is 1. The molecule has 6 heteroatoms. The first-order valence-corrected chi connectivity index (χ1v) is 5.18. The summed E-state index contributed by atoms with van der Waals surface area (Å²) in [6.45, 7) is 0. The van der Waals surface area contributed by atoms with Crippen molar-refractivity contribution >= 4 is 10.9 Å². The highest BCUT2D eigenvalue weighted by Crippen LogP contribution is 2.20. The molecule has 1 atom stereocenters. The summed E-state index contributed by atoms with van der Waals surface area (Å²) in [6.07, 6.45) is 1.77. The zero-order valence-electron chi connectivity index (χ0n) is 8.91. The number of rotatable bonds is 2. The first-order valence-electron chi connectivity index (χ1n) is 5.18. The van der Waals surface area contributed by atoms with Crippen molar-refractivity contribution < 1.29 is 0 Å². The number of H-pyrrole nitrogens is 1. The van der Waals surface area contributed by atoms with E-state index in [9.17, 15) is 0 Å². The number of nitrogens with one attached hydrogen (secondary N) is 1. The Labute approximate surface area is 96.9 Å². The van der Waals surface area contributed by atoms with Gasteiger partial charge in [0.2, 0.25) is 0 Å². The van der Waals surface area contributed by atoms with Crippen LogP contribution in [0.2, 0.25) is 0 Å². The molecule has 3 aromatic rings. The molecule has 3 N–H and O–H groups in total. The minimum absolute atomic E-state index is 0.377. The van der Waals surface area contributed by atoms with Crippen LogP contribution in [0.4, 0.5) is 0 Å². The van der Waals surface area contributed by atoms with Gasteiger partial charge >= 0.3 is 0 Å². The lowest BCUT2D eigenvalue weighted by molar-refractivity contribution is 0.786. The molecule has 0 aliphatic carbocycles. The zero-order chi connectivity index (χ0) is 11.7. The zero-order valence-corrected chi connectivity index (χ0v) is 8.91. The lowest BCUT2D eigenvalue weighted by Crippen LogP contribution is -2.13. The molecule has 1 aromatic carbocycles. The molecule has 0 spiro atoms. The van der Waals surface area contributed by atoms with E-state index in [1.807, 2.05) is 30.3 Å². The van der Waals surface area contributed by atoms with Gasteiger partial charge in [0.15, 0.2) is 5.82 Å². The summed E-state index contributed by atoms with van der Waals surface area (Å²) < 4.78 is 0. The highest BCUT2D eigenvalue weighted by atomic mass is 15.5. The summed E-state index contributed by atoms with van der Waals surface area (Å²) in [5.74, 6) is 0.480. The van der Waals surface area contributed by atoms with E-state index in [2.05, 4.69) is 25.6 Å². The summed E-state index contributed by atoms with van der Waals surface area (Å²) in [4.78, 5) is 4.25. The second-order valence-electron chi connectivity index (χ2n) is 3.70. The predicted molar refractivity (Wildman–Crippen MR) is 62.0 cm³/mol. The lowest BCUT2D eigenvalue weighted by Gasteiger charge is -2.08. The molecule has 2 heterocycles. The summed E-state index contributed by atoms with van der Waals surface area (Å²) in [6, 6.07) is 9.36. The van der Waals surface area contributed by atoms with Crippen molar-refractivity contribution in [3.05, 3.63) is 47.9 Å². The van der Waals surface area contributed by atoms with Crippen LogP contribution in [0, 0.1) is 0 Å². The average Bonchev–Trinajstić information content (AvgIpc) is 2.91. The summed E-state index contributed by atoms with van der Waals surface area (Å²) in [5.41, 5.74) is 7.92. The highest BCUT2D eigenvalue weighted by molar-refractivity contribution is 5.79. The van der Waals surface area contributed by atoms with Crippen molar-refractivity contribution in [2.45, 2.75) is 6.04 Å². The molecule has 84 valence electrons. The van der Waals surface area contributed by atoms with Crippen LogP contribution in [0.25, 0.3) is 10.9 Å². The van der Waals surface area contributed by atoms with Gasteiger partial charge in [0.05, 0.1) is 11.6 Å². The van der Waals surface area contributed by atoms with E-state index in [4.69, 9.17) is 5.73 Å². The number of benzene rings is 1. The minimum Gasteiger partial charge on any atom is -0.318 e. The largest absolute Gasteiger partial charge is 0.318 e. The molecule has 0 saturated carbocycles. The van der Waals surface area contributed by atoms with Crippen molar-refractivity contribution in [3.8, 4) is 0 Å². The molecule has 1 unspecified atom stereocenters. The van der Waals surface area contributed by atoms with Crippen molar-refractivity contribution in [3.63, 3.8) is 0 Å². The van der Waals surface area contributed by atoms with Gasteiger partial charge in [0.25, 0.3) is 0 Å². The number of aromatic nitrogens is 5. The van der Waals surface area contributed by atoms with Crippen LogP contribution in [0.3, 0.4) is 0 Å². The fourth-order valence-electron chi connectivity index (χ4n) is 1.74. The highest BCUT2D eigenvalue weighted by Gasteiger charge is 2.13. The Hall–Kier alpha value is -2.34. The number of hydrogen-bond donors (Lipinski definition) is 2. The van der Waals surface area contributed by atoms with E-state index >= 15 is 0 Å². The third-order valence-corrected chi connectivity index (χ3v) is 2.63. The monoisotopic (exact) mass is 226 g/mol. The molecule has 0 bridgehead atoms. The maximum absolute atomic E-state index is 6.05. The maximum Gasteiger partial charge on any atom is 0.195 e. The number of aromatic amines is 1. The Morgan fingerprint density at radius 2 is 2.18 bits per heavy atom. The normalized spacial score (nSPS) is 12.8. The molecule has 3 rings (SSSR count). The smallest absolute Gasteiger partial charge is 0.195 e. The molecule has 0 aliphatic rings. The SMILES string of the molecule is NC(c1ccc2ncccc2c1)c1nn[nH]n1. The minimum atomic E-state index is -0.377. The van der Waals surface area contributed by atoms with Crippen LogP contribution < -0.4 is 5.73 Å². The van der Waals surface area contributed by atoms with Crippen LogP contribution >= 0.6 is 0 Å². The van der Waals surface area contributed by atoms with Crippen LogP contribution in [0.15, 0.2) is 36.5 Å². The molecule has 0 radical (unpaired) electrons. The molecule has 0 fully saturated rings. The van der Waals surface area contributed by atoms with Gasteiger partial charge in [0.1, 0.15) is 0 Å². The number of hydrogen-bond acceptors (Lipinski definition) is 5. The Kier molecular flexibility index (Phi) is 2.27. The quantitative estimate of drug-likeness (QED) is 0.674. The van der Waals surface area contributed by atoms with E-state index in [1.165, 1.54) is 0 Å². The van der Waals surface area contributed by atoms with E-state index < -0.39 is 0 Å². The Bertz CT molecular complexity index is 633. The van der Waals surface area contributed by atoms with Crippen molar-refractivity contribution in [1.82, 2.24) is 25.6 Å². The van der Waals surface area contributed by atoms with Gasteiger partial charge in [-0.15, -0.1) is 10.2 Å². The summed E-state index contributed by atoms with van der Waals surface area (Å²) in [5, 5.41) is 14.7. The van der Waals surface area contributed by atoms with Crippen LogP contribution in [0.5, 0.6) is 0 Å². The molecule has 17 heavy (non-hydrogen) atoms. The first kappa shape index (κ1) is 9.86. The molecule has 2 aromatic heterocycles. The Morgan fingerprint density at radius 3 is 3.00 bits per heavy atom. The summed E-state index contributed by atoms with van der Waals surface area (Å²) in [7, 11) is 0. The lowest BCUT2D eigenvalue weighted by atomic mass is 10.0. The average molecular weight is 226 g/mol. The number of tetrazole rings is 1. The first-order chi connectivity index (χ1) is 8.34. The van der Waals surface area contributed by atoms with Gasteiger partial charge in [-0.05, 0) is 23.8 Å². The molecular formula is C11H10N6. The maximum atomic E-state index is 6.05. The van der Waals surface area contributed by atoms with Crippen molar-refractivity contribution in [1.29, 1.82) is 0 Å². The van der Waals surface area contributed by atoms with Gasteiger partial charge in [-0.3, -0.25) is 4.98 Å². The van der Waals surface area contributed by atoms with E-state index in [1.54, 1.807) is 6.20 Å². The third kappa shape index (κ3) is 1.74. The molecule has 6 nitrogen and oxygen atoms in total. The second kappa shape index (κ2) is 3.91. The van der Waals surface area contributed by atoms with Crippen LogP contribution in [-0.4, -0.2) is 25.6 Å². The van der Waals surface area contributed by atoms with Gasteiger partial charge in [0, 0.05) is 11.6 Å². The molecule has 0 aliphatic heterocycles. The van der Waals surface area contributed by atoms with Crippen molar-refractivity contribution in [2.75, 3.05) is 0 Å². The van der Waals surface area contributed by atoms with E-state index in [0.717, 1.165) is 16.5 Å². The Morgan fingerprint density at radius 1 is 1.24 bits per heavy atom. The van der Waals surface area contributed by atoms with E-state index in [0.29, 0.717) is 5.82 Å². The van der Waals surface area contributed by atoms with Gasteiger partial charge in [-0.1, -0.05) is 17.3 Å². The van der Waals surface area contributed by atoms with Gasteiger partial charge < -0.3 is 5.73 Å². The van der Waals surface area contributed by atoms with Crippen molar-refractivity contribution in [2.24, 2.45) is 5.73 Å². The summed E-state index contributed by atoms with van der Waals surface area (Å²) >= 11 is 0. The fourth-order valence-corrected chi connectivity index (χ4v) is 1.74. The molecule has 0 amide bonds. The van der Waals surface area contributed by atoms with Crippen LogP contribution in [-0.2, 0) is 0 Å². The van der Waals surface area contributed by atoms with Crippen LogP contribution in [0.1, 0.15) is 17.4 Å². The van der Waals surface area contributed by atoms with E-state index in [-0.39, 0.29) is 6.04 Å². The molecular weight excluding hydrogens is 216 g/mol. The second-order valence-corrected chi connectivity index (χ2v) is 3.70. The topological polar surface area (TPSA) is 93.4 Å². The van der Waals surface area contributed by atoms with Gasteiger partial charge in [-0.2, -0.15) is 5.21 Å². The van der Waals surface area contributed by atoms with Gasteiger partial charge in [-0.25, -0.2) is 0 Å². The number of nitrogens with zero attached hydrogens (tertiary/aromatic N) is 4. The third-order valence-electron chi connectivity index (χ3n) is 2.63.